The highest BCUT2D eigenvalue weighted by Gasteiger charge is 2.37. The normalized spacial score (nSPS) is 22.8. The zero-order chi connectivity index (χ0) is 13.9. The molecule has 2 atom stereocenters. The van der Waals surface area contributed by atoms with Crippen LogP contribution in [0.2, 0.25) is 0 Å². The number of carbonyl (C=O) groups excluding carboxylic acids is 1. The Kier molecular flexibility index (Phi) is 3.52. The fourth-order valence-corrected chi connectivity index (χ4v) is 2.73. The Morgan fingerprint density at radius 3 is 2.25 bits per heavy atom. The molecular formula is C17H18N2O. The summed E-state index contributed by atoms with van der Waals surface area (Å²) in [6, 6.07) is 20.1. The standard InChI is InChI=1S/C17H18N2O/c1-19-15(12-13-8-4-2-5-9-13)17(20)18-16(19)14-10-6-3-7-11-14/h2-11,15-16H,12H2,1H3,(H,18,20)/t15-,16+/m0/s1. The minimum absolute atomic E-state index is 0.0302. The Labute approximate surface area is 119 Å². The quantitative estimate of drug-likeness (QED) is 0.925. The second kappa shape index (κ2) is 5.47. The first-order chi connectivity index (χ1) is 9.75. The second-order valence-corrected chi connectivity index (χ2v) is 5.19. The van der Waals surface area contributed by atoms with E-state index in [1.165, 1.54) is 5.56 Å². The third-order valence-electron chi connectivity index (χ3n) is 3.87. The van der Waals surface area contributed by atoms with Gasteiger partial charge in [0.1, 0.15) is 6.17 Å². The minimum atomic E-state index is -0.109. The number of hydrogen-bond donors (Lipinski definition) is 1. The molecule has 0 unspecified atom stereocenters. The lowest BCUT2D eigenvalue weighted by molar-refractivity contribution is -0.121. The van der Waals surface area contributed by atoms with Crippen LogP contribution in [0.1, 0.15) is 17.3 Å². The van der Waals surface area contributed by atoms with E-state index < -0.39 is 0 Å². The molecule has 20 heavy (non-hydrogen) atoms. The molecule has 0 saturated carbocycles. The summed E-state index contributed by atoms with van der Waals surface area (Å²) < 4.78 is 0. The maximum Gasteiger partial charge on any atom is 0.239 e. The molecule has 1 fully saturated rings. The van der Waals surface area contributed by atoms with Crippen LogP contribution >= 0.6 is 0 Å². The van der Waals surface area contributed by atoms with Gasteiger partial charge in [0.15, 0.2) is 0 Å². The summed E-state index contributed by atoms with van der Waals surface area (Å²) in [6.45, 7) is 0. The number of rotatable bonds is 3. The average molecular weight is 266 g/mol. The van der Waals surface area contributed by atoms with Crippen molar-refractivity contribution in [1.29, 1.82) is 0 Å². The maximum atomic E-state index is 12.2. The number of carbonyl (C=O) groups is 1. The summed E-state index contributed by atoms with van der Waals surface area (Å²) in [7, 11) is 2.00. The van der Waals surface area contributed by atoms with Crippen LogP contribution in [-0.2, 0) is 11.2 Å². The molecule has 2 aromatic rings. The Hall–Kier alpha value is -2.13. The van der Waals surface area contributed by atoms with Gasteiger partial charge in [-0.05, 0) is 24.6 Å². The minimum Gasteiger partial charge on any atom is -0.335 e. The molecular weight excluding hydrogens is 248 g/mol. The lowest BCUT2D eigenvalue weighted by atomic mass is 10.1. The van der Waals surface area contributed by atoms with Crippen LogP contribution in [0.15, 0.2) is 60.7 Å². The third-order valence-corrected chi connectivity index (χ3v) is 3.87. The molecule has 2 aromatic carbocycles. The van der Waals surface area contributed by atoms with E-state index >= 15 is 0 Å². The molecule has 0 aliphatic carbocycles. The van der Waals surface area contributed by atoms with E-state index in [-0.39, 0.29) is 18.1 Å². The van der Waals surface area contributed by atoms with Gasteiger partial charge in [-0.3, -0.25) is 9.69 Å². The van der Waals surface area contributed by atoms with E-state index in [0.717, 1.165) is 12.0 Å². The van der Waals surface area contributed by atoms with Crippen molar-refractivity contribution in [2.24, 2.45) is 0 Å². The van der Waals surface area contributed by atoms with Gasteiger partial charge in [-0.15, -0.1) is 0 Å². The first-order valence-corrected chi connectivity index (χ1v) is 6.87. The Bertz CT molecular complexity index is 582. The molecule has 1 aliphatic heterocycles. The van der Waals surface area contributed by atoms with Gasteiger partial charge in [0.05, 0.1) is 6.04 Å². The van der Waals surface area contributed by atoms with Crippen molar-refractivity contribution >= 4 is 5.91 Å². The molecule has 0 radical (unpaired) electrons. The molecule has 1 heterocycles. The molecule has 3 nitrogen and oxygen atoms in total. The smallest absolute Gasteiger partial charge is 0.239 e. The predicted octanol–water partition coefficient (Wildman–Crippen LogP) is 2.36. The predicted molar refractivity (Wildman–Crippen MR) is 79.0 cm³/mol. The number of benzene rings is 2. The number of amides is 1. The van der Waals surface area contributed by atoms with Crippen LogP contribution in [0.4, 0.5) is 0 Å². The van der Waals surface area contributed by atoms with E-state index in [2.05, 4.69) is 22.3 Å². The summed E-state index contributed by atoms with van der Waals surface area (Å²) in [5.74, 6) is 0.102. The van der Waals surface area contributed by atoms with E-state index in [4.69, 9.17) is 0 Å². The molecule has 1 N–H and O–H groups in total. The van der Waals surface area contributed by atoms with Gasteiger partial charge in [0, 0.05) is 0 Å². The summed E-state index contributed by atoms with van der Waals surface area (Å²) in [6.07, 6.45) is 0.712. The fourth-order valence-electron chi connectivity index (χ4n) is 2.73. The summed E-state index contributed by atoms with van der Waals surface area (Å²) in [5, 5.41) is 3.08. The average Bonchev–Trinajstić information content (AvgIpc) is 2.77. The lowest BCUT2D eigenvalue weighted by Gasteiger charge is -2.23. The topological polar surface area (TPSA) is 32.3 Å². The van der Waals surface area contributed by atoms with E-state index in [1.807, 2.05) is 55.6 Å². The van der Waals surface area contributed by atoms with Crippen LogP contribution < -0.4 is 5.32 Å². The highest BCUT2D eigenvalue weighted by atomic mass is 16.2. The number of nitrogens with zero attached hydrogens (tertiary/aromatic N) is 1. The zero-order valence-electron chi connectivity index (χ0n) is 11.5. The third kappa shape index (κ3) is 2.45. The van der Waals surface area contributed by atoms with Crippen molar-refractivity contribution in [1.82, 2.24) is 10.2 Å². The molecule has 1 aliphatic rings. The van der Waals surface area contributed by atoms with Gasteiger partial charge in [-0.25, -0.2) is 0 Å². The van der Waals surface area contributed by atoms with E-state index in [0.29, 0.717) is 0 Å². The largest absolute Gasteiger partial charge is 0.335 e. The van der Waals surface area contributed by atoms with Crippen LogP contribution in [0.25, 0.3) is 0 Å². The Balaban J connectivity index is 1.79. The number of nitrogens with one attached hydrogen (secondary N) is 1. The van der Waals surface area contributed by atoms with Crippen molar-refractivity contribution in [2.45, 2.75) is 18.6 Å². The van der Waals surface area contributed by atoms with Crippen molar-refractivity contribution in [3.8, 4) is 0 Å². The Morgan fingerprint density at radius 1 is 1.00 bits per heavy atom. The zero-order valence-corrected chi connectivity index (χ0v) is 11.5. The van der Waals surface area contributed by atoms with Crippen LogP contribution in [0.5, 0.6) is 0 Å². The second-order valence-electron chi connectivity index (χ2n) is 5.19. The molecule has 1 amide bonds. The molecule has 102 valence electrons. The maximum absolute atomic E-state index is 12.2. The van der Waals surface area contributed by atoms with E-state index in [9.17, 15) is 4.79 Å². The summed E-state index contributed by atoms with van der Waals surface area (Å²) in [4.78, 5) is 14.3. The van der Waals surface area contributed by atoms with Crippen molar-refractivity contribution in [3.05, 3.63) is 71.8 Å². The Morgan fingerprint density at radius 2 is 1.60 bits per heavy atom. The van der Waals surface area contributed by atoms with Crippen molar-refractivity contribution < 1.29 is 4.79 Å². The molecule has 0 aromatic heterocycles. The highest BCUT2D eigenvalue weighted by Crippen LogP contribution is 2.26. The molecule has 1 saturated heterocycles. The van der Waals surface area contributed by atoms with E-state index in [1.54, 1.807) is 0 Å². The lowest BCUT2D eigenvalue weighted by Crippen LogP contribution is -2.32. The van der Waals surface area contributed by atoms with Gasteiger partial charge < -0.3 is 5.32 Å². The molecule has 0 bridgehead atoms. The van der Waals surface area contributed by atoms with Crippen LogP contribution in [0.3, 0.4) is 0 Å². The SMILES string of the molecule is CN1[C@@H](Cc2ccccc2)C(=O)N[C@H]1c1ccccc1. The van der Waals surface area contributed by atoms with Gasteiger partial charge in [-0.2, -0.15) is 0 Å². The fraction of sp³-hybridized carbons (Fsp3) is 0.235. The van der Waals surface area contributed by atoms with Crippen LogP contribution in [-0.4, -0.2) is 23.9 Å². The van der Waals surface area contributed by atoms with Crippen LogP contribution in [0, 0.1) is 0 Å². The summed E-state index contributed by atoms with van der Waals surface area (Å²) in [5.41, 5.74) is 2.31. The summed E-state index contributed by atoms with van der Waals surface area (Å²) >= 11 is 0. The highest BCUT2D eigenvalue weighted by molar-refractivity contribution is 5.84. The number of hydrogen-bond acceptors (Lipinski definition) is 2. The van der Waals surface area contributed by atoms with Crippen molar-refractivity contribution in [2.75, 3.05) is 7.05 Å². The number of likely N-dealkylation sites (N-methyl/N-ethyl adjacent to an activating group) is 1. The first kappa shape index (κ1) is 12.9. The van der Waals surface area contributed by atoms with Gasteiger partial charge in [0.25, 0.3) is 0 Å². The van der Waals surface area contributed by atoms with Gasteiger partial charge in [-0.1, -0.05) is 60.7 Å². The monoisotopic (exact) mass is 266 g/mol. The molecule has 3 heteroatoms. The molecule has 3 rings (SSSR count). The first-order valence-electron chi connectivity index (χ1n) is 6.87. The van der Waals surface area contributed by atoms with Gasteiger partial charge in [0.2, 0.25) is 5.91 Å². The molecule has 0 spiro atoms. The van der Waals surface area contributed by atoms with Gasteiger partial charge >= 0.3 is 0 Å². The van der Waals surface area contributed by atoms with Crippen molar-refractivity contribution in [3.63, 3.8) is 0 Å².